The predicted octanol–water partition coefficient (Wildman–Crippen LogP) is 1.05. The molecule has 17 heavy (non-hydrogen) atoms. The van der Waals surface area contributed by atoms with E-state index in [2.05, 4.69) is 5.32 Å². The second-order valence-electron chi connectivity index (χ2n) is 5.42. The number of rotatable bonds is 3. The average Bonchev–Trinajstić information content (AvgIpc) is 2.37. The van der Waals surface area contributed by atoms with E-state index in [1.54, 1.807) is 0 Å². The van der Waals surface area contributed by atoms with Crippen LogP contribution < -0.4 is 11.1 Å². The lowest BCUT2D eigenvalue weighted by atomic mass is 9.85. The van der Waals surface area contributed by atoms with Gasteiger partial charge < -0.3 is 15.8 Å². The number of nitrogens with one attached hydrogen (secondary N) is 1. The minimum absolute atomic E-state index is 0.151. The predicted molar refractivity (Wildman–Crippen MR) is 66.5 cm³/mol. The number of nitrogens with two attached hydrogens (primary N) is 1. The van der Waals surface area contributed by atoms with Crippen LogP contribution in [0.25, 0.3) is 0 Å². The number of hydrogen-bond acceptors (Lipinski definition) is 3. The van der Waals surface area contributed by atoms with Crippen LogP contribution in [-0.2, 0) is 9.53 Å². The maximum atomic E-state index is 12.0. The molecule has 4 nitrogen and oxygen atoms in total. The molecule has 2 aliphatic rings. The number of ether oxygens (including phenoxy) is 1. The highest BCUT2D eigenvalue weighted by Gasteiger charge is 2.25. The first-order chi connectivity index (χ1) is 8.25. The first kappa shape index (κ1) is 12.8. The molecule has 3 N–H and O–H groups in total. The molecule has 1 saturated carbocycles. The van der Waals surface area contributed by atoms with Gasteiger partial charge in [-0.25, -0.2) is 0 Å². The fourth-order valence-electron chi connectivity index (χ4n) is 2.81. The van der Waals surface area contributed by atoms with Crippen molar-refractivity contribution < 1.29 is 9.53 Å². The number of hydrogen-bond donors (Lipinski definition) is 2. The van der Waals surface area contributed by atoms with E-state index >= 15 is 0 Å². The van der Waals surface area contributed by atoms with E-state index in [0.29, 0.717) is 5.92 Å². The summed E-state index contributed by atoms with van der Waals surface area (Å²) in [7, 11) is 0. The van der Waals surface area contributed by atoms with Crippen molar-refractivity contribution in [2.24, 2.45) is 17.6 Å². The molecule has 0 radical (unpaired) electrons. The average molecular weight is 240 g/mol. The number of carbonyl (C=O) groups is 1. The second-order valence-corrected chi connectivity index (χ2v) is 5.42. The first-order valence-corrected chi connectivity index (χ1v) is 6.86. The summed E-state index contributed by atoms with van der Waals surface area (Å²) in [5.41, 5.74) is 5.91. The molecule has 0 aromatic rings. The zero-order chi connectivity index (χ0) is 12.1. The van der Waals surface area contributed by atoms with Gasteiger partial charge in [0.05, 0.1) is 0 Å². The van der Waals surface area contributed by atoms with E-state index in [9.17, 15) is 4.79 Å². The fraction of sp³-hybridized carbons (Fsp3) is 0.923. The molecule has 2 rings (SSSR count). The molecule has 2 fully saturated rings. The van der Waals surface area contributed by atoms with Gasteiger partial charge >= 0.3 is 0 Å². The third kappa shape index (κ3) is 3.96. The molecule has 98 valence electrons. The molecule has 2 unspecified atom stereocenters. The molecule has 1 saturated heterocycles. The molecule has 1 heterocycles. The molecule has 0 bridgehead atoms. The fourth-order valence-corrected chi connectivity index (χ4v) is 2.81. The van der Waals surface area contributed by atoms with Crippen molar-refractivity contribution in [1.82, 2.24) is 5.32 Å². The standard InChI is InChI=1S/C13H24N2O2/c14-12-3-1-2-11(8-12)13(16)15-9-10-4-6-17-7-5-10/h10-12H,1-9,14H2,(H,15,16). The Bertz CT molecular complexity index is 252. The van der Waals surface area contributed by atoms with Gasteiger partial charge in [0.15, 0.2) is 0 Å². The minimum Gasteiger partial charge on any atom is -0.381 e. The van der Waals surface area contributed by atoms with E-state index in [0.717, 1.165) is 58.3 Å². The molecular formula is C13H24N2O2. The van der Waals surface area contributed by atoms with Crippen molar-refractivity contribution in [3.05, 3.63) is 0 Å². The quantitative estimate of drug-likeness (QED) is 0.775. The first-order valence-electron chi connectivity index (χ1n) is 6.86. The van der Waals surface area contributed by atoms with Crippen molar-refractivity contribution in [2.75, 3.05) is 19.8 Å². The molecule has 0 spiro atoms. The maximum Gasteiger partial charge on any atom is 0.223 e. The molecule has 0 aromatic heterocycles. The monoisotopic (exact) mass is 240 g/mol. The Labute approximate surface area is 103 Å². The van der Waals surface area contributed by atoms with Crippen molar-refractivity contribution in [1.29, 1.82) is 0 Å². The van der Waals surface area contributed by atoms with E-state index in [-0.39, 0.29) is 17.9 Å². The number of carbonyl (C=O) groups excluding carboxylic acids is 1. The lowest BCUT2D eigenvalue weighted by molar-refractivity contribution is -0.126. The van der Waals surface area contributed by atoms with Crippen LogP contribution in [0.5, 0.6) is 0 Å². The van der Waals surface area contributed by atoms with Crippen LogP contribution in [0.3, 0.4) is 0 Å². The third-order valence-electron chi connectivity index (χ3n) is 3.99. The summed E-state index contributed by atoms with van der Waals surface area (Å²) < 4.78 is 5.31. The zero-order valence-corrected chi connectivity index (χ0v) is 10.5. The Morgan fingerprint density at radius 1 is 1.24 bits per heavy atom. The topological polar surface area (TPSA) is 64.4 Å². The molecule has 2 atom stereocenters. The van der Waals surface area contributed by atoms with Gasteiger partial charge in [0.25, 0.3) is 0 Å². The summed E-state index contributed by atoms with van der Waals surface area (Å²) in [5, 5.41) is 3.09. The largest absolute Gasteiger partial charge is 0.381 e. The van der Waals surface area contributed by atoms with E-state index in [1.807, 2.05) is 0 Å². The Kier molecular flexibility index (Phi) is 4.80. The maximum absolute atomic E-state index is 12.0. The van der Waals surface area contributed by atoms with Crippen LogP contribution in [0.2, 0.25) is 0 Å². The van der Waals surface area contributed by atoms with Crippen molar-refractivity contribution in [2.45, 2.75) is 44.6 Å². The van der Waals surface area contributed by atoms with Gasteiger partial charge in [-0.15, -0.1) is 0 Å². The van der Waals surface area contributed by atoms with Crippen molar-refractivity contribution >= 4 is 5.91 Å². The van der Waals surface area contributed by atoms with E-state index < -0.39 is 0 Å². The van der Waals surface area contributed by atoms with Gasteiger partial charge in [0.1, 0.15) is 0 Å². The molecule has 1 aliphatic heterocycles. The van der Waals surface area contributed by atoms with Crippen LogP contribution in [0.1, 0.15) is 38.5 Å². The van der Waals surface area contributed by atoms with Crippen LogP contribution >= 0.6 is 0 Å². The van der Waals surface area contributed by atoms with E-state index in [1.165, 1.54) is 0 Å². The minimum atomic E-state index is 0.151. The van der Waals surface area contributed by atoms with Gasteiger partial charge in [0, 0.05) is 31.7 Å². The van der Waals surface area contributed by atoms with Crippen LogP contribution in [0, 0.1) is 11.8 Å². The summed E-state index contributed by atoms with van der Waals surface area (Å²) in [6, 6.07) is 0.225. The summed E-state index contributed by atoms with van der Waals surface area (Å²) in [5.74, 6) is 0.968. The van der Waals surface area contributed by atoms with Crippen molar-refractivity contribution in [3.63, 3.8) is 0 Å². The molecule has 1 amide bonds. The van der Waals surface area contributed by atoms with Crippen LogP contribution in [0.4, 0.5) is 0 Å². The van der Waals surface area contributed by atoms with Gasteiger partial charge in [-0.2, -0.15) is 0 Å². The Hall–Kier alpha value is -0.610. The Balaban J connectivity index is 1.69. The molecule has 0 aromatic carbocycles. The lowest BCUT2D eigenvalue weighted by Crippen LogP contribution is -2.40. The van der Waals surface area contributed by atoms with Crippen LogP contribution in [0.15, 0.2) is 0 Å². The van der Waals surface area contributed by atoms with Gasteiger partial charge in [-0.1, -0.05) is 6.42 Å². The third-order valence-corrected chi connectivity index (χ3v) is 3.99. The number of amides is 1. The van der Waals surface area contributed by atoms with Gasteiger partial charge in [-0.05, 0) is 38.0 Å². The zero-order valence-electron chi connectivity index (χ0n) is 10.5. The highest BCUT2D eigenvalue weighted by molar-refractivity contribution is 5.78. The second kappa shape index (κ2) is 6.36. The van der Waals surface area contributed by atoms with Crippen molar-refractivity contribution in [3.8, 4) is 0 Å². The van der Waals surface area contributed by atoms with Crippen LogP contribution in [-0.4, -0.2) is 31.7 Å². The van der Waals surface area contributed by atoms with Gasteiger partial charge in [0.2, 0.25) is 5.91 Å². The Morgan fingerprint density at radius 2 is 2.00 bits per heavy atom. The summed E-state index contributed by atoms with van der Waals surface area (Å²) in [6.45, 7) is 2.50. The SMILES string of the molecule is NC1CCCC(C(=O)NCC2CCOCC2)C1. The molecular weight excluding hydrogens is 216 g/mol. The van der Waals surface area contributed by atoms with Gasteiger partial charge in [-0.3, -0.25) is 4.79 Å². The Morgan fingerprint density at radius 3 is 2.71 bits per heavy atom. The highest BCUT2D eigenvalue weighted by Crippen LogP contribution is 2.23. The summed E-state index contributed by atoms with van der Waals surface area (Å²) in [6.07, 6.45) is 6.18. The summed E-state index contributed by atoms with van der Waals surface area (Å²) >= 11 is 0. The molecule has 4 heteroatoms. The highest BCUT2D eigenvalue weighted by atomic mass is 16.5. The van der Waals surface area contributed by atoms with E-state index in [4.69, 9.17) is 10.5 Å². The normalized spacial score (nSPS) is 31.1. The smallest absolute Gasteiger partial charge is 0.223 e. The summed E-state index contributed by atoms with van der Waals surface area (Å²) in [4.78, 5) is 12.0. The molecule has 1 aliphatic carbocycles. The lowest BCUT2D eigenvalue weighted by Gasteiger charge is -2.27.